The SMILES string of the molecule is c1ccc(-c2ccc3c4ccccc4c4cc5sc6c(-c7nc(-c8ccccc8)nc(-c8ccccc8)n7)cccc6c5cc4c3c2)cc1. The van der Waals surface area contributed by atoms with Gasteiger partial charge in [-0.3, -0.25) is 0 Å². The average molecular weight is 642 g/mol. The summed E-state index contributed by atoms with van der Waals surface area (Å²) in [6.07, 6.45) is 0. The zero-order valence-corrected chi connectivity index (χ0v) is 27.2. The van der Waals surface area contributed by atoms with Gasteiger partial charge in [-0.1, -0.05) is 140 Å². The Hall–Kier alpha value is -6.23. The summed E-state index contributed by atoms with van der Waals surface area (Å²) in [6, 6.07) is 58.0. The van der Waals surface area contributed by atoms with Gasteiger partial charge in [0, 0.05) is 36.9 Å². The Labute approximate surface area is 286 Å². The van der Waals surface area contributed by atoms with Crippen LogP contribution in [0.5, 0.6) is 0 Å². The first-order chi connectivity index (χ1) is 24.3. The number of nitrogens with zero attached hydrogens (tertiary/aromatic N) is 3. The minimum Gasteiger partial charge on any atom is -0.208 e. The first kappa shape index (κ1) is 27.8. The Morgan fingerprint density at radius 3 is 1.49 bits per heavy atom. The molecule has 8 aromatic carbocycles. The number of hydrogen-bond acceptors (Lipinski definition) is 4. The van der Waals surface area contributed by atoms with Crippen LogP contribution in [0.4, 0.5) is 0 Å². The molecular formula is C45H27N3S. The van der Waals surface area contributed by atoms with Crippen LogP contribution in [0.3, 0.4) is 0 Å². The van der Waals surface area contributed by atoms with Crippen LogP contribution >= 0.6 is 11.3 Å². The molecule has 0 bridgehead atoms. The molecule has 0 fully saturated rings. The Morgan fingerprint density at radius 2 is 0.816 bits per heavy atom. The monoisotopic (exact) mass is 641 g/mol. The molecule has 0 spiro atoms. The van der Waals surface area contributed by atoms with Crippen LogP contribution < -0.4 is 0 Å². The third kappa shape index (κ3) is 4.61. The van der Waals surface area contributed by atoms with Crippen molar-refractivity contribution in [2.45, 2.75) is 0 Å². The minimum absolute atomic E-state index is 0.667. The summed E-state index contributed by atoms with van der Waals surface area (Å²) < 4.78 is 2.43. The molecule has 0 aliphatic heterocycles. The smallest absolute Gasteiger partial charge is 0.165 e. The molecule has 2 heterocycles. The summed E-state index contributed by atoms with van der Waals surface area (Å²) >= 11 is 1.81. The molecule has 0 aliphatic rings. The van der Waals surface area contributed by atoms with Crippen LogP contribution in [-0.2, 0) is 0 Å². The van der Waals surface area contributed by atoms with Crippen molar-refractivity contribution in [2.75, 3.05) is 0 Å². The summed E-state index contributed by atoms with van der Waals surface area (Å²) in [7, 11) is 0. The van der Waals surface area contributed by atoms with Gasteiger partial charge in [0.25, 0.3) is 0 Å². The number of thiophene rings is 1. The van der Waals surface area contributed by atoms with E-state index in [1.807, 2.05) is 47.7 Å². The molecule has 0 amide bonds. The van der Waals surface area contributed by atoms with Crippen molar-refractivity contribution in [3.05, 3.63) is 164 Å². The summed E-state index contributed by atoms with van der Waals surface area (Å²) in [6.45, 7) is 0. The van der Waals surface area contributed by atoms with E-state index in [0.29, 0.717) is 17.5 Å². The molecule has 2 aromatic heterocycles. The van der Waals surface area contributed by atoms with Crippen LogP contribution in [-0.4, -0.2) is 15.0 Å². The predicted octanol–water partition coefficient (Wildman–Crippen LogP) is 12.4. The maximum Gasteiger partial charge on any atom is 0.165 e. The maximum atomic E-state index is 5.08. The largest absolute Gasteiger partial charge is 0.208 e. The zero-order valence-electron chi connectivity index (χ0n) is 26.3. The molecule has 4 heteroatoms. The third-order valence-electron chi connectivity index (χ3n) is 9.50. The van der Waals surface area contributed by atoms with Gasteiger partial charge in [-0.05, 0) is 67.7 Å². The van der Waals surface area contributed by atoms with Gasteiger partial charge in [0.2, 0.25) is 0 Å². The third-order valence-corrected chi connectivity index (χ3v) is 10.7. The highest BCUT2D eigenvalue weighted by Gasteiger charge is 2.18. The van der Waals surface area contributed by atoms with Crippen LogP contribution in [0, 0.1) is 0 Å². The minimum atomic E-state index is 0.667. The van der Waals surface area contributed by atoms with E-state index in [0.717, 1.165) is 16.7 Å². The summed E-state index contributed by atoms with van der Waals surface area (Å²) in [5, 5.41) is 10.1. The van der Waals surface area contributed by atoms with E-state index in [4.69, 9.17) is 15.0 Å². The lowest BCUT2D eigenvalue weighted by Gasteiger charge is -2.12. The summed E-state index contributed by atoms with van der Waals surface area (Å²) in [5.74, 6) is 2.01. The normalized spacial score (nSPS) is 11.7. The highest BCUT2D eigenvalue weighted by molar-refractivity contribution is 7.26. The van der Waals surface area contributed by atoms with Gasteiger partial charge < -0.3 is 0 Å². The number of rotatable bonds is 4. The lowest BCUT2D eigenvalue weighted by molar-refractivity contribution is 1.08. The second-order valence-corrected chi connectivity index (χ2v) is 13.4. The molecule has 0 saturated heterocycles. The van der Waals surface area contributed by atoms with Crippen LogP contribution in [0.1, 0.15) is 0 Å². The maximum absolute atomic E-state index is 5.08. The summed E-state index contributed by atoms with van der Waals surface area (Å²) in [4.78, 5) is 15.1. The first-order valence-corrected chi connectivity index (χ1v) is 17.3. The molecule has 10 rings (SSSR count). The van der Waals surface area contributed by atoms with Crippen molar-refractivity contribution in [3.8, 4) is 45.3 Å². The molecule has 10 aromatic rings. The zero-order chi connectivity index (χ0) is 32.3. The van der Waals surface area contributed by atoms with Gasteiger partial charge in [0.15, 0.2) is 17.5 Å². The predicted molar refractivity (Wildman–Crippen MR) is 207 cm³/mol. The highest BCUT2D eigenvalue weighted by Crippen LogP contribution is 2.45. The highest BCUT2D eigenvalue weighted by atomic mass is 32.1. The molecule has 0 unspecified atom stereocenters. The second-order valence-electron chi connectivity index (χ2n) is 12.4. The Balaban J connectivity index is 1.25. The average Bonchev–Trinajstić information content (AvgIpc) is 3.56. The van der Waals surface area contributed by atoms with E-state index in [1.165, 1.54) is 63.6 Å². The fourth-order valence-electron chi connectivity index (χ4n) is 7.16. The molecular weight excluding hydrogens is 615 g/mol. The fourth-order valence-corrected chi connectivity index (χ4v) is 8.39. The molecule has 0 saturated carbocycles. The van der Waals surface area contributed by atoms with E-state index in [9.17, 15) is 0 Å². The lowest BCUT2D eigenvalue weighted by Crippen LogP contribution is -2.00. The molecule has 0 N–H and O–H groups in total. The van der Waals surface area contributed by atoms with E-state index in [2.05, 4.69) is 127 Å². The molecule has 3 nitrogen and oxygen atoms in total. The molecule has 0 aliphatic carbocycles. The summed E-state index contributed by atoms with van der Waals surface area (Å²) in [5.41, 5.74) is 5.39. The number of benzene rings is 8. The number of hydrogen-bond donors (Lipinski definition) is 0. The van der Waals surface area contributed by atoms with Crippen molar-refractivity contribution < 1.29 is 0 Å². The van der Waals surface area contributed by atoms with Crippen molar-refractivity contribution >= 4 is 63.8 Å². The first-order valence-electron chi connectivity index (χ1n) is 16.4. The molecule has 0 atom stereocenters. The van der Waals surface area contributed by atoms with E-state index < -0.39 is 0 Å². The lowest BCUT2D eigenvalue weighted by atomic mass is 9.91. The van der Waals surface area contributed by atoms with E-state index >= 15 is 0 Å². The molecule has 228 valence electrons. The van der Waals surface area contributed by atoms with Crippen molar-refractivity contribution in [2.24, 2.45) is 0 Å². The van der Waals surface area contributed by atoms with Gasteiger partial charge in [0.05, 0.1) is 0 Å². The number of fused-ring (bicyclic) bond motifs is 9. The Kier molecular flexibility index (Phi) is 6.36. The second kappa shape index (κ2) is 11.2. The molecule has 49 heavy (non-hydrogen) atoms. The van der Waals surface area contributed by atoms with Crippen LogP contribution in [0.15, 0.2) is 164 Å². The topological polar surface area (TPSA) is 38.7 Å². The Bertz CT molecular complexity index is 2800. The van der Waals surface area contributed by atoms with Crippen molar-refractivity contribution in [3.63, 3.8) is 0 Å². The van der Waals surface area contributed by atoms with Crippen LogP contribution in [0.25, 0.3) is 97.8 Å². The van der Waals surface area contributed by atoms with Crippen molar-refractivity contribution in [1.82, 2.24) is 15.0 Å². The van der Waals surface area contributed by atoms with Gasteiger partial charge in [-0.25, -0.2) is 15.0 Å². The molecule has 0 radical (unpaired) electrons. The standard InChI is InChI=1S/C45H27N3S/c1-4-13-28(14-5-1)31-23-24-34-32-19-10-11-20-33(32)39-27-41-40(26-38(39)37(34)25-31)35-21-12-22-36(42(35)49-41)45-47-43(29-15-6-2-7-16-29)46-44(48-45)30-17-8-3-9-18-30/h1-27H. The van der Waals surface area contributed by atoms with Gasteiger partial charge >= 0.3 is 0 Å². The van der Waals surface area contributed by atoms with Gasteiger partial charge in [-0.2, -0.15) is 0 Å². The fraction of sp³-hybridized carbons (Fsp3) is 0. The van der Waals surface area contributed by atoms with E-state index in [1.54, 1.807) is 0 Å². The van der Waals surface area contributed by atoms with Crippen LogP contribution in [0.2, 0.25) is 0 Å². The van der Waals surface area contributed by atoms with E-state index in [-0.39, 0.29) is 0 Å². The van der Waals surface area contributed by atoms with Crippen molar-refractivity contribution in [1.29, 1.82) is 0 Å². The quantitative estimate of drug-likeness (QED) is 0.180. The Morgan fingerprint density at radius 1 is 0.306 bits per heavy atom. The van der Waals surface area contributed by atoms with Gasteiger partial charge in [-0.15, -0.1) is 11.3 Å². The van der Waals surface area contributed by atoms with Gasteiger partial charge in [0.1, 0.15) is 0 Å². The number of aromatic nitrogens is 3.